The van der Waals surface area contributed by atoms with Crippen molar-refractivity contribution in [1.82, 2.24) is 58.1 Å². The van der Waals surface area contributed by atoms with Crippen molar-refractivity contribution in [1.29, 1.82) is 10.5 Å². The van der Waals surface area contributed by atoms with Gasteiger partial charge in [-0.05, 0) is 123 Å². The molecule has 0 aliphatic heterocycles. The Balaban J connectivity index is 0.000000324. The minimum atomic E-state index is -6.09. The van der Waals surface area contributed by atoms with Crippen molar-refractivity contribution in [2.45, 2.75) is 78.7 Å². The largest absolute Gasteiger partial charge is 2.00 e. The van der Waals surface area contributed by atoms with Gasteiger partial charge in [0.15, 0.2) is 43.5 Å². The molecular weight excluding hydrogens is 1420 g/mol. The first kappa shape index (κ1) is 82.4. The predicted molar refractivity (Wildman–Crippen MR) is 365 cm³/mol. The van der Waals surface area contributed by atoms with Crippen LogP contribution in [0.3, 0.4) is 0 Å². The van der Waals surface area contributed by atoms with E-state index in [1.165, 1.54) is 13.8 Å². The van der Waals surface area contributed by atoms with Gasteiger partial charge in [-0.1, -0.05) is 72.8 Å². The molecule has 26 nitrogen and oxygen atoms in total. The first-order valence-corrected chi connectivity index (χ1v) is 31.7. The van der Waals surface area contributed by atoms with Crippen LogP contribution in [0.15, 0.2) is 216 Å². The number of para-hydroxylation sites is 8. The fourth-order valence-electron chi connectivity index (χ4n) is 9.22. The topological polar surface area (TPSA) is 400 Å². The normalized spacial score (nSPS) is 11.8. The number of halogens is 6. The summed E-state index contributed by atoms with van der Waals surface area (Å²) in [6.07, 6.45) is 14.6. The van der Waals surface area contributed by atoms with Gasteiger partial charge in [-0.15, -0.1) is 0 Å². The van der Waals surface area contributed by atoms with E-state index in [4.69, 9.17) is 56.4 Å². The van der Waals surface area contributed by atoms with Gasteiger partial charge in [0.25, 0.3) is 0 Å². The zero-order chi connectivity index (χ0) is 71.2. The molecule has 0 radical (unpaired) electrons. The quantitative estimate of drug-likeness (QED) is 0.0186. The van der Waals surface area contributed by atoms with Gasteiger partial charge in [0.2, 0.25) is 0 Å². The molecule has 520 valence electrons. The van der Waals surface area contributed by atoms with E-state index in [-0.39, 0.29) is 30.4 Å². The number of benzene rings is 4. The molecular formula is C66H64F6N18O8S2Zn+2. The molecule has 0 saturated heterocycles. The summed E-state index contributed by atoms with van der Waals surface area (Å²) in [4.78, 5) is 36.6. The molecule has 6 N–H and O–H groups in total. The van der Waals surface area contributed by atoms with Crippen LogP contribution in [0.1, 0.15) is 87.1 Å². The molecule has 101 heavy (non-hydrogen) atoms. The molecule has 0 amide bonds. The second-order valence-electron chi connectivity index (χ2n) is 20.5. The number of hydrogen-bond acceptors (Lipinski definition) is 20. The zero-order valence-electron chi connectivity index (χ0n) is 54.7. The molecule has 0 fully saturated rings. The van der Waals surface area contributed by atoms with Crippen LogP contribution in [0, 0.1) is 22.7 Å². The van der Waals surface area contributed by atoms with Crippen molar-refractivity contribution in [2.75, 3.05) is 0 Å². The molecule has 0 saturated carbocycles. The Morgan fingerprint density at radius 1 is 0.396 bits per heavy atom. The summed E-state index contributed by atoms with van der Waals surface area (Å²) in [5.41, 5.74) is 3.79. The smallest absolute Gasteiger partial charge is 0.741 e. The van der Waals surface area contributed by atoms with Crippen LogP contribution < -0.4 is 0 Å². The van der Waals surface area contributed by atoms with Crippen LogP contribution >= 0.6 is 0 Å². The van der Waals surface area contributed by atoms with Gasteiger partial charge in [0.1, 0.15) is 22.8 Å². The molecule has 8 heterocycles. The first-order chi connectivity index (χ1) is 46.7. The molecule has 8 aromatic heterocycles. The Morgan fingerprint density at radius 3 is 0.733 bits per heavy atom. The summed E-state index contributed by atoms with van der Waals surface area (Å²) >= 11 is 0. The van der Waals surface area contributed by atoms with Crippen molar-refractivity contribution >= 4 is 87.2 Å². The van der Waals surface area contributed by atoms with Crippen LogP contribution in [-0.2, 0) is 76.8 Å². The molecule has 12 rings (SSSR count). The van der Waals surface area contributed by atoms with E-state index >= 15 is 0 Å². The first-order valence-electron chi connectivity index (χ1n) is 28.9. The number of rotatable bonds is 14. The summed E-state index contributed by atoms with van der Waals surface area (Å²) in [5, 5.41) is 33.1. The fraction of sp³-hybridized carbons (Fsp3) is 0.182. The second-order valence-corrected chi connectivity index (χ2v) is 23.2. The van der Waals surface area contributed by atoms with Gasteiger partial charge < -0.3 is 38.3 Å². The number of imidazole rings is 4. The van der Waals surface area contributed by atoms with Crippen LogP contribution in [0.25, 0.3) is 44.1 Å². The fourth-order valence-corrected chi connectivity index (χ4v) is 9.22. The number of hydrogen-bond donors (Lipinski definition) is 0. The molecule has 12 aromatic rings. The van der Waals surface area contributed by atoms with Gasteiger partial charge in [-0.2, -0.15) is 57.3 Å². The summed E-state index contributed by atoms with van der Waals surface area (Å²) in [6.45, 7) is 13.2. The van der Waals surface area contributed by atoms with Crippen molar-refractivity contribution < 1.29 is 82.7 Å². The predicted octanol–water partition coefficient (Wildman–Crippen LogP) is 10.3. The van der Waals surface area contributed by atoms with E-state index < -0.39 is 31.3 Å². The number of nitriles is 2. The average Bonchev–Trinajstić information content (AvgIpc) is 1.66. The number of alkyl halides is 6. The summed E-state index contributed by atoms with van der Waals surface area (Å²) < 4.78 is 126. The van der Waals surface area contributed by atoms with Crippen molar-refractivity contribution in [2.24, 2.45) is 20.4 Å². The van der Waals surface area contributed by atoms with E-state index in [1.54, 1.807) is 36.9 Å². The maximum Gasteiger partial charge on any atom is 2.00 e. The van der Waals surface area contributed by atoms with Crippen LogP contribution in [0.4, 0.5) is 26.3 Å². The Kier molecular flexibility index (Phi) is 30.8. The molecule has 0 spiro atoms. The minimum absolute atomic E-state index is 0. The van der Waals surface area contributed by atoms with Gasteiger partial charge >= 0.3 is 30.5 Å². The molecule has 4 aromatic carbocycles. The molecule has 0 aliphatic rings. The van der Waals surface area contributed by atoms with Crippen molar-refractivity contribution in [3.63, 3.8) is 0 Å². The van der Waals surface area contributed by atoms with Gasteiger partial charge in [0, 0.05) is 63.4 Å². The van der Waals surface area contributed by atoms with E-state index in [0.717, 1.165) is 113 Å². The number of aromatic nitrogens is 12. The number of fused-ring (bicyclic) bond motifs is 4. The summed E-state index contributed by atoms with van der Waals surface area (Å²) in [6, 6.07) is 52.0. The Morgan fingerprint density at radius 2 is 0.574 bits per heavy atom. The Labute approximate surface area is 587 Å². The zero-order valence-corrected chi connectivity index (χ0v) is 59.3. The van der Waals surface area contributed by atoms with Gasteiger partial charge in [0.05, 0.1) is 82.5 Å². The monoisotopic (exact) mass is 1480 g/mol. The molecule has 0 unspecified atom stereocenters. The summed E-state index contributed by atoms with van der Waals surface area (Å²) in [7, 11) is -12.2. The third kappa shape index (κ3) is 22.5. The van der Waals surface area contributed by atoms with Crippen molar-refractivity contribution in [3.8, 4) is 12.1 Å². The van der Waals surface area contributed by atoms with Gasteiger partial charge in [-0.25, -0.2) is 36.8 Å². The maximum atomic E-state index is 10.7. The van der Waals surface area contributed by atoms with Crippen LogP contribution in [-0.4, -0.2) is 118 Å². The molecule has 0 bridgehead atoms. The minimum Gasteiger partial charge on any atom is -0.741 e. The number of nitrogens with zero attached hydrogens (tertiary/aromatic N) is 18. The van der Waals surface area contributed by atoms with Crippen molar-refractivity contribution in [3.05, 3.63) is 241 Å². The van der Waals surface area contributed by atoms with Gasteiger partial charge in [-0.3, -0.25) is 19.9 Å². The van der Waals surface area contributed by atoms with E-state index in [1.807, 2.05) is 150 Å². The van der Waals surface area contributed by atoms with Crippen LogP contribution in [0.2, 0.25) is 0 Å². The van der Waals surface area contributed by atoms with E-state index in [0.29, 0.717) is 26.2 Å². The SMILES string of the molecule is C/C(=N\N=C(/C)c1nc2ccccc2n1Cc1cccnc1)c1nc2ccccc2n1Cc1cccnc1.C/C(=N\N=C(/C)c1nc2ccccc2n1Cc1cccnc1)c1nc2ccccc2n1Cc1cccnc1.CC#N.CC#N.O=S(=O)([O-])C(F)(F)F.O=S(=O)([O-])C(F)(F)F.[OH3+].[OH3+].[Zn+2]. The molecule has 0 aliphatic carbocycles. The molecule has 35 heteroatoms. The second kappa shape index (κ2) is 37.8. The Bertz CT molecular complexity index is 4560. The third-order valence-electron chi connectivity index (χ3n) is 13.4. The average molecular weight is 1480 g/mol. The van der Waals surface area contributed by atoms with Crippen LogP contribution in [0.5, 0.6) is 0 Å². The van der Waals surface area contributed by atoms with E-state index in [9.17, 15) is 26.3 Å². The third-order valence-corrected chi connectivity index (χ3v) is 14.6. The maximum absolute atomic E-state index is 10.7. The Hall–Kier alpha value is -11.0. The number of pyridine rings is 4. The van der Waals surface area contributed by atoms with E-state index in [2.05, 4.69) is 107 Å². The molecule has 0 atom stereocenters. The standard InChI is InChI=1S/2C30H26N8.2C2H3N.2CHF3O3S.2H2O.Zn/c2*1-21(29-33-25-11-3-5-13-27(25)37(29)19-23-9-7-15-31-17-23)35-36-22(2)30-34-26-12-4-6-14-28(26)38(30)20-24-10-8-16-32-18-24;2*1-2-3;2*2-1(3,4)8(5,6)7;;;/h2*3-18H,19-20H2,1-2H3;2*1H3;2*(H,5,6,7);2*1H2;/q;;;;;;;;+2/b2*35-21+,36-22+;;;;;;;. The summed E-state index contributed by atoms with van der Waals surface area (Å²) in [5.74, 6) is 3.09.